The summed E-state index contributed by atoms with van der Waals surface area (Å²) in [5.41, 5.74) is 3.32. The van der Waals surface area contributed by atoms with Crippen molar-refractivity contribution in [2.45, 2.75) is 31.0 Å². The molecule has 0 fully saturated rings. The van der Waals surface area contributed by atoms with Crippen molar-refractivity contribution in [1.82, 2.24) is 9.55 Å². The summed E-state index contributed by atoms with van der Waals surface area (Å²) >= 11 is 1.67. The molecule has 1 N–H and O–H groups in total. The predicted octanol–water partition coefficient (Wildman–Crippen LogP) is 3.62. The Morgan fingerprint density at radius 3 is 2.91 bits per heavy atom. The molecule has 4 nitrogen and oxygen atoms in total. The van der Waals surface area contributed by atoms with Gasteiger partial charge < -0.3 is 14.1 Å². The summed E-state index contributed by atoms with van der Waals surface area (Å²) in [7, 11) is 0. The Bertz CT molecular complexity index is 735. The van der Waals surface area contributed by atoms with Crippen LogP contribution < -0.4 is 0 Å². The predicted molar refractivity (Wildman–Crippen MR) is 86.7 cm³/mol. The third-order valence-corrected chi connectivity index (χ3v) is 4.47. The van der Waals surface area contributed by atoms with E-state index in [-0.39, 0.29) is 6.61 Å². The number of rotatable bonds is 6. The van der Waals surface area contributed by atoms with Gasteiger partial charge in [0.2, 0.25) is 0 Å². The van der Waals surface area contributed by atoms with E-state index in [2.05, 4.69) is 36.2 Å². The fourth-order valence-corrected chi connectivity index (χ4v) is 3.25. The Labute approximate surface area is 133 Å². The van der Waals surface area contributed by atoms with Gasteiger partial charge in [-0.05, 0) is 24.6 Å². The molecular formula is C17H18N2O2S. The summed E-state index contributed by atoms with van der Waals surface area (Å²) < 4.78 is 7.40. The van der Waals surface area contributed by atoms with Crippen molar-refractivity contribution in [3.8, 4) is 0 Å². The van der Waals surface area contributed by atoms with Crippen molar-refractivity contribution < 1.29 is 9.52 Å². The van der Waals surface area contributed by atoms with E-state index in [1.165, 1.54) is 11.1 Å². The van der Waals surface area contributed by atoms with Crippen LogP contribution >= 0.6 is 11.8 Å². The fraction of sp³-hybridized carbons (Fsp3) is 0.235. The number of aliphatic hydroxyl groups excluding tert-OH is 1. The van der Waals surface area contributed by atoms with Crippen LogP contribution in [0, 0.1) is 6.92 Å². The molecule has 5 heteroatoms. The normalized spacial score (nSPS) is 11.0. The molecule has 0 saturated heterocycles. The highest BCUT2D eigenvalue weighted by atomic mass is 32.2. The fourth-order valence-electron chi connectivity index (χ4n) is 2.31. The zero-order valence-corrected chi connectivity index (χ0v) is 13.2. The van der Waals surface area contributed by atoms with Gasteiger partial charge in [0.1, 0.15) is 5.76 Å². The number of thioether (sulfide) groups is 1. The van der Waals surface area contributed by atoms with E-state index in [1.54, 1.807) is 24.2 Å². The molecule has 0 amide bonds. The first-order chi connectivity index (χ1) is 10.8. The molecule has 0 radical (unpaired) electrons. The van der Waals surface area contributed by atoms with Gasteiger partial charge in [0.05, 0.1) is 31.3 Å². The number of benzene rings is 1. The maximum Gasteiger partial charge on any atom is 0.168 e. The number of hydrogen-bond donors (Lipinski definition) is 1. The molecule has 3 aromatic rings. The second kappa shape index (κ2) is 6.85. The number of aryl methyl sites for hydroxylation is 1. The summed E-state index contributed by atoms with van der Waals surface area (Å²) in [4.78, 5) is 4.43. The van der Waals surface area contributed by atoms with Crippen LogP contribution in [0.4, 0.5) is 0 Å². The minimum Gasteiger partial charge on any atom is -0.467 e. The highest BCUT2D eigenvalue weighted by Gasteiger charge is 2.12. The molecule has 0 aliphatic carbocycles. The summed E-state index contributed by atoms with van der Waals surface area (Å²) in [5, 5.41) is 10.4. The number of imidazole rings is 1. The molecule has 0 aliphatic rings. The van der Waals surface area contributed by atoms with Crippen LogP contribution in [0.3, 0.4) is 0 Å². The maximum absolute atomic E-state index is 9.48. The largest absolute Gasteiger partial charge is 0.467 e. The van der Waals surface area contributed by atoms with E-state index >= 15 is 0 Å². The van der Waals surface area contributed by atoms with Crippen molar-refractivity contribution in [1.29, 1.82) is 0 Å². The zero-order valence-electron chi connectivity index (χ0n) is 12.4. The quantitative estimate of drug-likeness (QED) is 0.706. The lowest BCUT2D eigenvalue weighted by atomic mass is 10.2. The molecular weight excluding hydrogens is 296 g/mol. The molecule has 0 spiro atoms. The van der Waals surface area contributed by atoms with Crippen LogP contribution in [0.1, 0.15) is 22.6 Å². The van der Waals surface area contributed by atoms with Crippen LogP contribution in [0.5, 0.6) is 0 Å². The number of nitrogens with zero attached hydrogens (tertiary/aromatic N) is 2. The Kier molecular flexibility index (Phi) is 4.65. The highest BCUT2D eigenvalue weighted by Crippen LogP contribution is 2.24. The monoisotopic (exact) mass is 314 g/mol. The molecule has 1 aromatic carbocycles. The minimum atomic E-state index is -0.0291. The molecule has 0 atom stereocenters. The summed E-state index contributed by atoms with van der Waals surface area (Å²) in [6.07, 6.45) is 3.38. The van der Waals surface area contributed by atoms with Gasteiger partial charge in [0, 0.05) is 5.75 Å². The highest BCUT2D eigenvalue weighted by molar-refractivity contribution is 7.98. The van der Waals surface area contributed by atoms with E-state index in [4.69, 9.17) is 4.42 Å². The van der Waals surface area contributed by atoms with Gasteiger partial charge in [-0.25, -0.2) is 4.98 Å². The van der Waals surface area contributed by atoms with Crippen LogP contribution in [0.25, 0.3) is 0 Å². The molecule has 0 saturated carbocycles. The average Bonchev–Trinajstić information content (AvgIpc) is 3.16. The van der Waals surface area contributed by atoms with Gasteiger partial charge in [0.15, 0.2) is 5.16 Å². The molecule has 2 heterocycles. The van der Waals surface area contributed by atoms with Gasteiger partial charge in [-0.15, -0.1) is 0 Å². The van der Waals surface area contributed by atoms with Crippen molar-refractivity contribution in [2.75, 3.05) is 0 Å². The smallest absolute Gasteiger partial charge is 0.168 e. The Morgan fingerprint density at radius 2 is 2.18 bits per heavy atom. The van der Waals surface area contributed by atoms with E-state index < -0.39 is 0 Å². The molecule has 0 bridgehead atoms. The second-order valence-electron chi connectivity index (χ2n) is 5.13. The Hall–Kier alpha value is -1.98. The summed E-state index contributed by atoms with van der Waals surface area (Å²) in [5.74, 6) is 1.70. The SMILES string of the molecule is Cc1cccc(CSc2ncc(CO)n2Cc2ccco2)c1. The van der Waals surface area contributed by atoms with E-state index in [0.717, 1.165) is 22.4 Å². The van der Waals surface area contributed by atoms with Crippen molar-refractivity contribution in [3.63, 3.8) is 0 Å². The first kappa shape index (κ1) is 14.9. The van der Waals surface area contributed by atoms with E-state index in [0.29, 0.717) is 6.54 Å². The van der Waals surface area contributed by atoms with Gasteiger partial charge in [-0.3, -0.25) is 0 Å². The first-order valence-electron chi connectivity index (χ1n) is 7.12. The van der Waals surface area contributed by atoms with Crippen LogP contribution in [-0.2, 0) is 18.9 Å². The van der Waals surface area contributed by atoms with Crippen LogP contribution in [0.2, 0.25) is 0 Å². The maximum atomic E-state index is 9.48. The lowest BCUT2D eigenvalue weighted by molar-refractivity contribution is 0.269. The van der Waals surface area contributed by atoms with Gasteiger partial charge in [-0.2, -0.15) is 0 Å². The van der Waals surface area contributed by atoms with Crippen LogP contribution in [-0.4, -0.2) is 14.7 Å². The van der Waals surface area contributed by atoms with Gasteiger partial charge in [0.25, 0.3) is 0 Å². The van der Waals surface area contributed by atoms with Crippen molar-refractivity contribution in [3.05, 3.63) is 71.4 Å². The molecule has 2 aromatic heterocycles. The lowest BCUT2D eigenvalue weighted by Crippen LogP contribution is -2.05. The Morgan fingerprint density at radius 1 is 1.27 bits per heavy atom. The number of furan rings is 1. The lowest BCUT2D eigenvalue weighted by Gasteiger charge is -2.09. The van der Waals surface area contributed by atoms with Crippen molar-refractivity contribution in [2.24, 2.45) is 0 Å². The minimum absolute atomic E-state index is 0.0291. The Balaban J connectivity index is 1.77. The van der Waals surface area contributed by atoms with E-state index in [1.807, 2.05) is 16.7 Å². The molecule has 114 valence electrons. The van der Waals surface area contributed by atoms with Crippen LogP contribution in [0.15, 0.2) is 58.4 Å². The molecule has 0 unspecified atom stereocenters. The second-order valence-corrected chi connectivity index (χ2v) is 6.08. The van der Waals surface area contributed by atoms with E-state index in [9.17, 15) is 5.11 Å². The van der Waals surface area contributed by atoms with Gasteiger partial charge >= 0.3 is 0 Å². The molecule has 0 aliphatic heterocycles. The third kappa shape index (κ3) is 3.43. The number of aliphatic hydroxyl groups is 1. The van der Waals surface area contributed by atoms with Crippen molar-refractivity contribution >= 4 is 11.8 Å². The average molecular weight is 314 g/mol. The first-order valence-corrected chi connectivity index (χ1v) is 8.11. The third-order valence-electron chi connectivity index (χ3n) is 3.41. The topological polar surface area (TPSA) is 51.2 Å². The number of hydrogen-bond acceptors (Lipinski definition) is 4. The standard InChI is InChI=1S/C17H18N2O2S/c1-13-4-2-5-14(8-13)12-22-17-18-9-15(11-20)19(17)10-16-6-3-7-21-16/h2-9,20H,10-12H2,1H3. The molecule has 3 rings (SSSR count). The van der Waals surface area contributed by atoms with Gasteiger partial charge in [-0.1, -0.05) is 41.6 Å². The summed E-state index contributed by atoms with van der Waals surface area (Å²) in [6, 6.07) is 12.3. The molecule has 22 heavy (non-hydrogen) atoms. The summed E-state index contributed by atoms with van der Waals surface area (Å²) in [6.45, 7) is 2.65. The number of aromatic nitrogens is 2. The zero-order chi connectivity index (χ0) is 15.4.